The maximum absolute atomic E-state index is 13.4. The van der Waals surface area contributed by atoms with Gasteiger partial charge in [0.25, 0.3) is 0 Å². The lowest BCUT2D eigenvalue weighted by molar-refractivity contribution is -0.138. The standard InChI is InChI=1S/C24H23F4N7/c1-13-22(17-6-8-18(25)9-7-17)33-34(11-16-4-5-16)23(13)31-19-10-20(30-12-29-19)35-15(3)21(14(2)32-35)24(26,27)28/h6-10,12,16H,4-5,11H2,1-3H3,(H,29,30,31). The molecule has 11 heteroatoms. The average molecular weight is 485 g/mol. The van der Waals surface area contributed by atoms with Gasteiger partial charge in [0.05, 0.1) is 22.6 Å². The van der Waals surface area contributed by atoms with Gasteiger partial charge < -0.3 is 5.32 Å². The van der Waals surface area contributed by atoms with Crippen molar-refractivity contribution in [1.82, 2.24) is 29.5 Å². The van der Waals surface area contributed by atoms with Crippen LogP contribution in [0.1, 0.15) is 35.4 Å². The van der Waals surface area contributed by atoms with Crippen molar-refractivity contribution in [3.05, 3.63) is 65.0 Å². The Morgan fingerprint density at radius 3 is 2.37 bits per heavy atom. The van der Waals surface area contributed by atoms with Crippen molar-refractivity contribution in [2.24, 2.45) is 5.92 Å². The van der Waals surface area contributed by atoms with E-state index in [1.165, 1.54) is 37.0 Å². The number of aromatic nitrogens is 6. The molecule has 0 spiro atoms. The Bertz CT molecular complexity index is 1380. The second-order valence-electron chi connectivity index (χ2n) is 8.80. The minimum Gasteiger partial charge on any atom is -0.325 e. The molecular weight excluding hydrogens is 462 g/mol. The molecular formula is C24H23F4N7. The van der Waals surface area contributed by atoms with E-state index in [4.69, 9.17) is 5.10 Å². The van der Waals surface area contributed by atoms with Gasteiger partial charge in [-0.1, -0.05) is 0 Å². The van der Waals surface area contributed by atoms with E-state index in [0.29, 0.717) is 24.1 Å². The molecule has 0 unspecified atom stereocenters. The second-order valence-corrected chi connectivity index (χ2v) is 8.80. The quantitative estimate of drug-likeness (QED) is 0.352. The van der Waals surface area contributed by atoms with Crippen LogP contribution in [0.3, 0.4) is 0 Å². The van der Waals surface area contributed by atoms with E-state index in [9.17, 15) is 17.6 Å². The van der Waals surface area contributed by atoms with E-state index in [1.54, 1.807) is 18.2 Å². The van der Waals surface area contributed by atoms with Crippen molar-refractivity contribution < 1.29 is 17.6 Å². The maximum Gasteiger partial charge on any atom is 0.419 e. The minimum absolute atomic E-state index is 0.0480. The number of nitrogens with one attached hydrogen (secondary N) is 1. The Balaban J connectivity index is 1.51. The number of hydrogen-bond acceptors (Lipinski definition) is 5. The third kappa shape index (κ3) is 4.50. The second kappa shape index (κ2) is 8.47. The van der Waals surface area contributed by atoms with E-state index in [2.05, 4.69) is 20.4 Å². The first kappa shape index (κ1) is 23.0. The van der Waals surface area contributed by atoms with Crippen molar-refractivity contribution in [3.8, 4) is 17.1 Å². The Morgan fingerprint density at radius 2 is 1.74 bits per heavy atom. The lowest BCUT2D eigenvalue weighted by Gasteiger charge is -2.11. The Kier molecular flexibility index (Phi) is 5.57. The molecule has 3 heterocycles. The van der Waals surface area contributed by atoms with Crippen molar-refractivity contribution in [2.45, 2.75) is 46.3 Å². The number of nitrogens with zero attached hydrogens (tertiary/aromatic N) is 6. The smallest absolute Gasteiger partial charge is 0.325 e. The molecule has 35 heavy (non-hydrogen) atoms. The molecule has 0 saturated heterocycles. The van der Waals surface area contributed by atoms with Gasteiger partial charge in [0, 0.05) is 23.7 Å². The third-order valence-corrected chi connectivity index (χ3v) is 6.13. The van der Waals surface area contributed by atoms with Crippen LogP contribution in [0.15, 0.2) is 36.7 Å². The predicted octanol–water partition coefficient (Wildman–Crippen LogP) is 5.76. The zero-order valence-corrected chi connectivity index (χ0v) is 19.4. The minimum atomic E-state index is -4.51. The highest BCUT2D eigenvalue weighted by Gasteiger charge is 2.37. The Labute approximate surface area is 198 Å². The summed E-state index contributed by atoms with van der Waals surface area (Å²) in [6.45, 7) is 5.32. The largest absolute Gasteiger partial charge is 0.419 e. The molecule has 182 valence electrons. The van der Waals surface area contributed by atoms with Crippen LogP contribution in [-0.2, 0) is 12.7 Å². The zero-order chi connectivity index (χ0) is 24.9. The van der Waals surface area contributed by atoms with Crippen molar-refractivity contribution in [1.29, 1.82) is 0 Å². The monoisotopic (exact) mass is 485 g/mol. The van der Waals surface area contributed by atoms with Crippen molar-refractivity contribution in [2.75, 3.05) is 5.32 Å². The number of alkyl halides is 3. The van der Waals surface area contributed by atoms with Gasteiger partial charge in [-0.15, -0.1) is 0 Å². The summed E-state index contributed by atoms with van der Waals surface area (Å²) in [5.41, 5.74) is 1.41. The van der Waals surface area contributed by atoms with Gasteiger partial charge in [-0.3, -0.25) is 0 Å². The lowest BCUT2D eigenvalue weighted by Crippen LogP contribution is -2.10. The summed E-state index contributed by atoms with van der Waals surface area (Å²) in [5.74, 6) is 1.52. The third-order valence-electron chi connectivity index (χ3n) is 6.13. The molecule has 0 radical (unpaired) electrons. The maximum atomic E-state index is 13.4. The van der Waals surface area contributed by atoms with Gasteiger partial charge in [0.1, 0.15) is 23.8 Å². The summed E-state index contributed by atoms with van der Waals surface area (Å²) in [6.07, 6.45) is -0.981. The van der Waals surface area contributed by atoms with Gasteiger partial charge in [-0.25, -0.2) is 23.7 Å². The van der Waals surface area contributed by atoms with Crippen LogP contribution in [-0.4, -0.2) is 29.5 Å². The molecule has 1 fully saturated rings. The molecule has 0 amide bonds. The highest BCUT2D eigenvalue weighted by molar-refractivity contribution is 5.71. The molecule has 1 N–H and O–H groups in total. The summed E-state index contributed by atoms with van der Waals surface area (Å²) in [4.78, 5) is 8.40. The fourth-order valence-corrected chi connectivity index (χ4v) is 4.20. The molecule has 0 atom stereocenters. The molecule has 1 saturated carbocycles. The van der Waals surface area contributed by atoms with Crippen LogP contribution in [0, 0.1) is 32.5 Å². The number of benzene rings is 1. The summed E-state index contributed by atoms with van der Waals surface area (Å²) >= 11 is 0. The molecule has 4 aromatic rings. The van der Waals surface area contributed by atoms with Crippen LogP contribution in [0.25, 0.3) is 17.1 Å². The fraction of sp³-hybridized carbons (Fsp3) is 0.333. The average Bonchev–Trinajstić information content (AvgIpc) is 3.49. The number of rotatable bonds is 6. The Hall–Kier alpha value is -3.76. The molecule has 0 aliphatic heterocycles. The molecule has 1 aliphatic rings. The molecule has 3 aromatic heterocycles. The number of hydrogen-bond donors (Lipinski definition) is 1. The van der Waals surface area contributed by atoms with Crippen LogP contribution in [0.5, 0.6) is 0 Å². The molecule has 5 rings (SSSR count). The summed E-state index contributed by atoms with van der Waals surface area (Å²) in [5, 5.41) is 12.1. The predicted molar refractivity (Wildman–Crippen MR) is 122 cm³/mol. The summed E-state index contributed by atoms with van der Waals surface area (Å²) in [6, 6.07) is 7.69. The lowest BCUT2D eigenvalue weighted by atomic mass is 10.1. The van der Waals surface area contributed by atoms with Gasteiger partial charge in [-0.2, -0.15) is 23.4 Å². The van der Waals surface area contributed by atoms with Crippen LogP contribution >= 0.6 is 0 Å². The highest BCUT2D eigenvalue weighted by Crippen LogP contribution is 2.37. The van der Waals surface area contributed by atoms with Gasteiger partial charge in [0.15, 0.2) is 5.82 Å². The van der Waals surface area contributed by atoms with E-state index >= 15 is 0 Å². The first-order valence-corrected chi connectivity index (χ1v) is 11.2. The summed E-state index contributed by atoms with van der Waals surface area (Å²) in [7, 11) is 0. The highest BCUT2D eigenvalue weighted by atomic mass is 19.4. The number of anilines is 2. The number of halogens is 4. The van der Waals surface area contributed by atoms with E-state index < -0.39 is 11.7 Å². The van der Waals surface area contributed by atoms with E-state index in [0.717, 1.165) is 29.7 Å². The molecule has 1 aliphatic carbocycles. The van der Waals surface area contributed by atoms with Crippen LogP contribution in [0.2, 0.25) is 0 Å². The first-order valence-electron chi connectivity index (χ1n) is 11.2. The fourth-order valence-electron chi connectivity index (χ4n) is 4.20. The SMILES string of the molecule is Cc1nn(-c2cc(Nc3c(C)c(-c4ccc(F)cc4)nn3CC3CC3)ncn2)c(C)c1C(F)(F)F. The van der Waals surface area contributed by atoms with Crippen LogP contribution in [0.4, 0.5) is 29.2 Å². The van der Waals surface area contributed by atoms with E-state index in [-0.39, 0.29) is 23.0 Å². The van der Waals surface area contributed by atoms with Crippen molar-refractivity contribution >= 4 is 11.6 Å². The van der Waals surface area contributed by atoms with Gasteiger partial charge >= 0.3 is 6.18 Å². The molecule has 7 nitrogen and oxygen atoms in total. The summed E-state index contributed by atoms with van der Waals surface area (Å²) < 4.78 is 56.8. The van der Waals surface area contributed by atoms with Gasteiger partial charge in [-0.05, 0) is 63.8 Å². The van der Waals surface area contributed by atoms with Gasteiger partial charge in [0.2, 0.25) is 0 Å². The molecule has 1 aromatic carbocycles. The first-order chi connectivity index (χ1) is 16.6. The number of aryl methyl sites for hydroxylation is 1. The Morgan fingerprint density at radius 1 is 1.03 bits per heavy atom. The normalized spacial score (nSPS) is 13.9. The zero-order valence-electron chi connectivity index (χ0n) is 19.4. The van der Waals surface area contributed by atoms with Crippen molar-refractivity contribution in [3.63, 3.8) is 0 Å². The topological polar surface area (TPSA) is 73.5 Å². The van der Waals surface area contributed by atoms with Crippen LogP contribution < -0.4 is 5.32 Å². The van der Waals surface area contributed by atoms with E-state index in [1.807, 2.05) is 11.6 Å². The molecule has 0 bridgehead atoms.